The minimum absolute atomic E-state index is 0.0595. The Balaban J connectivity index is 1.52. The molecule has 0 bridgehead atoms. The standard InChI is InChI=1S/C33H48BrN3O5S/c1-23-30(43-22-36-23)25-13-11-24(12-14-25)20-35-31(40)29-19-27(39)21-37(29)32(41)28(33(2,3)4)18-26(38)10-6-5-8-16-42-17-9-7-15-34/h11-14,22,27-29,39H,5-10,15-21H2,1-4H3,(H,35,40)/t27-,28-,29+/m1/s1. The van der Waals surface area contributed by atoms with Crippen LogP contribution in [-0.2, 0) is 25.7 Å². The van der Waals surface area contributed by atoms with Gasteiger partial charge in [0.2, 0.25) is 11.8 Å². The van der Waals surface area contributed by atoms with E-state index in [1.165, 1.54) is 4.90 Å². The number of benzene rings is 1. The van der Waals surface area contributed by atoms with Crippen LogP contribution < -0.4 is 5.32 Å². The van der Waals surface area contributed by atoms with E-state index >= 15 is 0 Å². The van der Waals surface area contributed by atoms with Crippen molar-refractivity contribution in [2.75, 3.05) is 25.1 Å². The molecule has 1 aromatic heterocycles. The van der Waals surface area contributed by atoms with E-state index < -0.39 is 23.5 Å². The molecular weight excluding hydrogens is 630 g/mol. The SMILES string of the molecule is Cc1ncsc1-c1ccc(CNC(=O)[C@@H]2C[C@@H](O)CN2C(=O)[C@@H](CC(=O)CCCCCOCCCCBr)C(C)(C)C)cc1. The molecule has 0 spiro atoms. The van der Waals surface area contributed by atoms with Crippen LogP contribution in [0.5, 0.6) is 0 Å². The summed E-state index contributed by atoms with van der Waals surface area (Å²) >= 11 is 5.01. The molecule has 43 heavy (non-hydrogen) atoms. The van der Waals surface area contributed by atoms with Gasteiger partial charge in [-0.2, -0.15) is 0 Å². The third-order valence-corrected chi connectivity index (χ3v) is 9.52. The van der Waals surface area contributed by atoms with Crippen LogP contribution in [0.2, 0.25) is 0 Å². The molecule has 1 aliphatic heterocycles. The average molecular weight is 679 g/mol. The summed E-state index contributed by atoms with van der Waals surface area (Å²) in [5, 5.41) is 14.4. The first-order chi connectivity index (χ1) is 20.5. The molecule has 1 aliphatic rings. The first-order valence-corrected chi connectivity index (χ1v) is 17.4. The Morgan fingerprint density at radius 3 is 2.44 bits per heavy atom. The average Bonchev–Trinajstić information content (AvgIpc) is 3.58. The number of nitrogens with one attached hydrogen (secondary N) is 1. The number of aryl methyl sites for hydroxylation is 1. The quantitative estimate of drug-likeness (QED) is 0.155. The van der Waals surface area contributed by atoms with Gasteiger partial charge in [-0.05, 0) is 49.1 Å². The molecule has 2 aromatic rings. The molecule has 2 heterocycles. The summed E-state index contributed by atoms with van der Waals surface area (Å²) in [7, 11) is 0. The minimum atomic E-state index is -0.778. The van der Waals surface area contributed by atoms with Gasteiger partial charge < -0.3 is 20.1 Å². The number of amides is 2. The number of aliphatic hydroxyl groups is 1. The van der Waals surface area contributed by atoms with Crippen LogP contribution >= 0.6 is 27.3 Å². The summed E-state index contributed by atoms with van der Waals surface area (Å²) in [4.78, 5) is 47.0. The Labute approximate surface area is 269 Å². The number of unbranched alkanes of at least 4 members (excludes halogenated alkanes) is 3. The van der Waals surface area contributed by atoms with Gasteiger partial charge in [0, 0.05) is 56.8 Å². The number of carbonyl (C=O) groups is 3. The van der Waals surface area contributed by atoms with Crippen LogP contribution in [0, 0.1) is 18.3 Å². The molecule has 2 amide bonds. The summed E-state index contributed by atoms with van der Waals surface area (Å²) < 4.78 is 5.63. The van der Waals surface area contributed by atoms with Crippen LogP contribution in [0.25, 0.3) is 10.4 Å². The summed E-state index contributed by atoms with van der Waals surface area (Å²) in [5.74, 6) is -1.04. The molecule has 238 valence electrons. The number of β-amino-alcohol motifs (C(OH)–C–C–N with tert-alkyl or cyclic N) is 1. The van der Waals surface area contributed by atoms with E-state index in [0.717, 1.165) is 65.7 Å². The van der Waals surface area contributed by atoms with E-state index in [2.05, 4.69) is 26.2 Å². The number of carbonyl (C=O) groups excluding carboxylic acids is 3. The number of nitrogens with zero attached hydrogens (tertiary/aromatic N) is 2. The predicted molar refractivity (Wildman–Crippen MR) is 175 cm³/mol. The number of hydrogen-bond donors (Lipinski definition) is 2. The summed E-state index contributed by atoms with van der Waals surface area (Å²) in [6.07, 6.45) is 4.72. The molecule has 0 saturated carbocycles. The van der Waals surface area contributed by atoms with Crippen molar-refractivity contribution >= 4 is 44.9 Å². The van der Waals surface area contributed by atoms with Crippen LogP contribution in [0.15, 0.2) is 29.8 Å². The highest BCUT2D eigenvalue weighted by Crippen LogP contribution is 2.34. The van der Waals surface area contributed by atoms with Gasteiger partial charge in [-0.25, -0.2) is 4.98 Å². The van der Waals surface area contributed by atoms with Crippen molar-refractivity contribution in [1.82, 2.24) is 15.2 Å². The highest BCUT2D eigenvalue weighted by atomic mass is 79.9. The van der Waals surface area contributed by atoms with Crippen LogP contribution in [0.1, 0.15) is 83.4 Å². The summed E-state index contributed by atoms with van der Waals surface area (Å²) in [6, 6.07) is 7.21. The second kappa shape index (κ2) is 17.4. The first-order valence-electron chi connectivity index (χ1n) is 15.4. The molecule has 0 unspecified atom stereocenters. The minimum Gasteiger partial charge on any atom is -0.391 e. The molecule has 0 aliphatic carbocycles. The Morgan fingerprint density at radius 2 is 1.81 bits per heavy atom. The lowest BCUT2D eigenvalue weighted by Gasteiger charge is -2.34. The zero-order valence-corrected chi connectivity index (χ0v) is 28.5. The van der Waals surface area contributed by atoms with Crippen molar-refractivity contribution in [2.45, 2.75) is 97.8 Å². The molecule has 3 atom stereocenters. The van der Waals surface area contributed by atoms with Crippen molar-refractivity contribution in [2.24, 2.45) is 11.3 Å². The second-order valence-corrected chi connectivity index (χ2v) is 14.2. The highest BCUT2D eigenvalue weighted by molar-refractivity contribution is 9.09. The smallest absolute Gasteiger partial charge is 0.243 e. The third kappa shape index (κ3) is 11.1. The van der Waals surface area contributed by atoms with Crippen molar-refractivity contribution in [3.63, 3.8) is 0 Å². The lowest BCUT2D eigenvalue weighted by Crippen LogP contribution is -2.50. The normalized spacial score (nSPS) is 17.7. The van der Waals surface area contributed by atoms with Gasteiger partial charge >= 0.3 is 0 Å². The first kappa shape index (κ1) is 35.3. The number of thiazole rings is 1. The van der Waals surface area contributed by atoms with Gasteiger partial charge in [0.25, 0.3) is 0 Å². The van der Waals surface area contributed by atoms with Gasteiger partial charge in [0.1, 0.15) is 11.8 Å². The van der Waals surface area contributed by atoms with E-state index in [0.29, 0.717) is 19.6 Å². The number of alkyl halides is 1. The summed E-state index contributed by atoms with van der Waals surface area (Å²) in [6.45, 7) is 9.73. The third-order valence-electron chi connectivity index (χ3n) is 7.98. The number of likely N-dealkylation sites (tertiary alicyclic amines) is 1. The Kier molecular flexibility index (Phi) is 14.3. The number of halogens is 1. The fourth-order valence-electron chi connectivity index (χ4n) is 5.36. The number of ketones is 1. The van der Waals surface area contributed by atoms with Crippen LogP contribution in [0.4, 0.5) is 0 Å². The molecule has 1 fully saturated rings. The zero-order valence-electron chi connectivity index (χ0n) is 26.1. The topological polar surface area (TPSA) is 109 Å². The molecular formula is C33H48BrN3O5S. The maximum absolute atomic E-state index is 13.8. The number of hydrogen-bond acceptors (Lipinski definition) is 7. The Morgan fingerprint density at radius 1 is 1.12 bits per heavy atom. The van der Waals surface area contributed by atoms with E-state index in [1.54, 1.807) is 11.3 Å². The van der Waals surface area contributed by atoms with Crippen LogP contribution in [0.3, 0.4) is 0 Å². The van der Waals surface area contributed by atoms with E-state index in [9.17, 15) is 19.5 Å². The van der Waals surface area contributed by atoms with Gasteiger partial charge in [-0.15, -0.1) is 11.3 Å². The van der Waals surface area contributed by atoms with E-state index in [-0.39, 0.29) is 37.0 Å². The molecule has 3 rings (SSSR count). The van der Waals surface area contributed by atoms with Gasteiger partial charge in [0.15, 0.2) is 0 Å². The van der Waals surface area contributed by atoms with Crippen molar-refractivity contribution in [3.05, 3.63) is 41.0 Å². The number of aromatic nitrogens is 1. The molecule has 10 heteroatoms. The summed E-state index contributed by atoms with van der Waals surface area (Å²) in [5.41, 5.74) is 4.37. The largest absolute Gasteiger partial charge is 0.391 e. The van der Waals surface area contributed by atoms with Crippen molar-refractivity contribution in [3.8, 4) is 10.4 Å². The molecule has 1 aromatic carbocycles. The monoisotopic (exact) mass is 677 g/mol. The lowest BCUT2D eigenvalue weighted by atomic mass is 9.76. The van der Waals surface area contributed by atoms with Gasteiger partial charge in [-0.3, -0.25) is 14.4 Å². The maximum Gasteiger partial charge on any atom is 0.243 e. The fraction of sp³-hybridized carbons (Fsp3) is 0.636. The lowest BCUT2D eigenvalue weighted by molar-refractivity contribution is -0.146. The van der Waals surface area contributed by atoms with Crippen molar-refractivity contribution in [1.29, 1.82) is 0 Å². The predicted octanol–water partition coefficient (Wildman–Crippen LogP) is 6.07. The Bertz CT molecular complexity index is 1180. The Hall–Kier alpha value is -2.14. The number of rotatable bonds is 17. The van der Waals surface area contributed by atoms with Crippen LogP contribution in [-0.4, -0.2) is 69.8 Å². The second-order valence-electron chi connectivity index (χ2n) is 12.6. The molecule has 0 radical (unpaired) electrons. The maximum atomic E-state index is 13.8. The molecule has 8 nitrogen and oxygen atoms in total. The molecule has 1 saturated heterocycles. The van der Waals surface area contributed by atoms with E-state index in [4.69, 9.17) is 4.74 Å². The van der Waals surface area contributed by atoms with Gasteiger partial charge in [0.05, 0.1) is 22.2 Å². The molecule has 2 N–H and O–H groups in total. The van der Waals surface area contributed by atoms with Gasteiger partial charge in [-0.1, -0.05) is 67.4 Å². The number of Topliss-reactive ketones (excluding diaryl/α,β-unsaturated/α-hetero) is 1. The highest BCUT2D eigenvalue weighted by Gasteiger charge is 2.44. The van der Waals surface area contributed by atoms with Crippen molar-refractivity contribution < 1.29 is 24.2 Å². The fourth-order valence-corrected chi connectivity index (χ4v) is 6.57. The zero-order chi connectivity index (χ0) is 31.4. The number of aliphatic hydroxyl groups excluding tert-OH is 1. The van der Waals surface area contributed by atoms with E-state index in [1.807, 2.05) is 57.5 Å². The number of ether oxygens (including phenoxy) is 1.